The summed E-state index contributed by atoms with van der Waals surface area (Å²) in [4.78, 5) is 11.9. The van der Waals surface area contributed by atoms with Crippen molar-refractivity contribution in [1.82, 2.24) is 0 Å². The molecule has 0 amide bonds. The first-order valence-electron chi connectivity index (χ1n) is 7.65. The molecule has 0 saturated heterocycles. The molecule has 0 heterocycles. The molecule has 0 spiro atoms. The summed E-state index contributed by atoms with van der Waals surface area (Å²) in [6.45, 7) is 6.48. The average Bonchev–Trinajstić information content (AvgIpc) is 2.41. The van der Waals surface area contributed by atoms with Crippen LogP contribution in [-0.4, -0.2) is 18.2 Å². The SMILES string of the molecule is COc1ccc(C)cc1CC1(C(=O)O)CCC(C)(C)CC1. The number of aliphatic carboxylic acids is 1. The van der Waals surface area contributed by atoms with E-state index in [1.54, 1.807) is 7.11 Å². The summed E-state index contributed by atoms with van der Waals surface area (Å²) >= 11 is 0. The Morgan fingerprint density at radius 3 is 2.38 bits per heavy atom. The second-order valence-corrected chi connectivity index (χ2v) is 7.24. The highest BCUT2D eigenvalue weighted by Gasteiger charge is 2.44. The van der Waals surface area contributed by atoms with Gasteiger partial charge in [0.05, 0.1) is 12.5 Å². The predicted octanol–water partition coefficient (Wildman–Crippen LogP) is 4.22. The Kier molecular flexibility index (Phi) is 4.31. The van der Waals surface area contributed by atoms with Gasteiger partial charge in [-0.2, -0.15) is 0 Å². The monoisotopic (exact) mass is 290 g/mol. The molecule has 1 saturated carbocycles. The van der Waals surface area contributed by atoms with E-state index in [1.165, 1.54) is 0 Å². The third-order valence-corrected chi connectivity index (χ3v) is 4.98. The van der Waals surface area contributed by atoms with Crippen LogP contribution in [-0.2, 0) is 11.2 Å². The Bertz CT molecular complexity index is 521. The summed E-state index contributed by atoms with van der Waals surface area (Å²) in [5.74, 6) is 0.132. The third-order valence-electron chi connectivity index (χ3n) is 4.98. The smallest absolute Gasteiger partial charge is 0.309 e. The lowest BCUT2D eigenvalue weighted by atomic mass is 9.63. The lowest BCUT2D eigenvalue weighted by molar-refractivity contribution is -0.152. The van der Waals surface area contributed by atoms with Crippen LogP contribution in [0.15, 0.2) is 18.2 Å². The molecule has 0 radical (unpaired) electrons. The molecule has 3 heteroatoms. The first-order valence-corrected chi connectivity index (χ1v) is 7.65. The van der Waals surface area contributed by atoms with Gasteiger partial charge in [-0.05, 0) is 56.1 Å². The minimum absolute atomic E-state index is 0.260. The van der Waals surface area contributed by atoms with Crippen LogP contribution in [0.2, 0.25) is 0 Å². The Labute approximate surface area is 127 Å². The first-order chi connectivity index (χ1) is 9.78. The molecule has 0 bridgehead atoms. The number of carbonyl (C=O) groups is 1. The molecule has 21 heavy (non-hydrogen) atoms. The van der Waals surface area contributed by atoms with Crippen molar-refractivity contribution in [2.45, 2.75) is 52.9 Å². The summed E-state index contributed by atoms with van der Waals surface area (Å²) < 4.78 is 5.41. The Hall–Kier alpha value is -1.51. The van der Waals surface area contributed by atoms with E-state index in [1.807, 2.05) is 19.1 Å². The standard InChI is InChI=1S/C18H26O3/c1-13-5-6-15(21-4)14(11-13)12-18(16(19)20)9-7-17(2,3)8-10-18/h5-6,11H,7-10,12H2,1-4H3,(H,19,20). The number of benzene rings is 1. The van der Waals surface area contributed by atoms with E-state index in [0.717, 1.165) is 42.6 Å². The van der Waals surface area contributed by atoms with Crippen molar-refractivity contribution in [2.75, 3.05) is 7.11 Å². The van der Waals surface area contributed by atoms with Crippen molar-refractivity contribution in [1.29, 1.82) is 0 Å². The molecular weight excluding hydrogens is 264 g/mol. The van der Waals surface area contributed by atoms with Crippen LogP contribution in [0, 0.1) is 17.8 Å². The minimum atomic E-state index is -0.665. The number of rotatable bonds is 4. The summed E-state index contributed by atoms with van der Waals surface area (Å²) in [5, 5.41) is 9.81. The van der Waals surface area contributed by atoms with Crippen molar-refractivity contribution in [3.8, 4) is 5.75 Å². The van der Waals surface area contributed by atoms with E-state index in [0.29, 0.717) is 6.42 Å². The van der Waals surface area contributed by atoms with Gasteiger partial charge in [-0.1, -0.05) is 31.5 Å². The van der Waals surface area contributed by atoms with Crippen LogP contribution >= 0.6 is 0 Å². The van der Waals surface area contributed by atoms with E-state index in [-0.39, 0.29) is 5.41 Å². The van der Waals surface area contributed by atoms with Gasteiger partial charge in [0.25, 0.3) is 0 Å². The van der Waals surface area contributed by atoms with Gasteiger partial charge in [0.2, 0.25) is 0 Å². The highest BCUT2D eigenvalue weighted by Crippen LogP contribution is 2.47. The summed E-state index contributed by atoms with van der Waals surface area (Å²) in [6.07, 6.45) is 3.98. The maximum atomic E-state index is 11.9. The summed E-state index contributed by atoms with van der Waals surface area (Å²) in [7, 11) is 1.64. The van der Waals surface area contributed by atoms with Crippen molar-refractivity contribution in [3.05, 3.63) is 29.3 Å². The Balaban J connectivity index is 2.30. The molecule has 0 unspecified atom stereocenters. The first kappa shape index (κ1) is 15.9. The van der Waals surface area contributed by atoms with E-state index in [2.05, 4.69) is 19.9 Å². The topological polar surface area (TPSA) is 46.5 Å². The van der Waals surface area contributed by atoms with Crippen LogP contribution in [0.4, 0.5) is 0 Å². The number of aryl methyl sites for hydroxylation is 1. The molecule has 1 fully saturated rings. The Morgan fingerprint density at radius 1 is 1.24 bits per heavy atom. The molecule has 0 aromatic heterocycles. The maximum Gasteiger partial charge on any atom is 0.309 e. The molecule has 1 aromatic rings. The van der Waals surface area contributed by atoms with Crippen LogP contribution in [0.3, 0.4) is 0 Å². The summed E-state index contributed by atoms with van der Waals surface area (Å²) in [6, 6.07) is 6.00. The lowest BCUT2D eigenvalue weighted by Gasteiger charge is -2.41. The zero-order valence-electron chi connectivity index (χ0n) is 13.5. The van der Waals surface area contributed by atoms with Gasteiger partial charge in [0.15, 0.2) is 0 Å². The second-order valence-electron chi connectivity index (χ2n) is 7.24. The fourth-order valence-electron chi connectivity index (χ4n) is 3.28. The van der Waals surface area contributed by atoms with Crippen molar-refractivity contribution < 1.29 is 14.6 Å². The molecular formula is C18H26O3. The van der Waals surface area contributed by atoms with Crippen LogP contribution < -0.4 is 4.74 Å². The normalized spacial score (nSPS) is 20.0. The molecule has 1 aliphatic carbocycles. The van der Waals surface area contributed by atoms with Crippen LogP contribution in [0.25, 0.3) is 0 Å². The zero-order valence-corrected chi connectivity index (χ0v) is 13.5. The number of methoxy groups -OCH3 is 1. The molecule has 0 aliphatic heterocycles. The maximum absolute atomic E-state index is 11.9. The van der Waals surface area contributed by atoms with Gasteiger partial charge in [0.1, 0.15) is 5.75 Å². The van der Waals surface area contributed by atoms with E-state index in [9.17, 15) is 9.90 Å². The van der Waals surface area contributed by atoms with E-state index in [4.69, 9.17) is 4.74 Å². The largest absolute Gasteiger partial charge is 0.496 e. The second kappa shape index (κ2) is 5.70. The lowest BCUT2D eigenvalue weighted by Crippen LogP contribution is -2.39. The average molecular weight is 290 g/mol. The van der Waals surface area contributed by atoms with Gasteiger partial charge in [-0.3, -0.25) is 4.79 Å². The van der Waals surface area contributed by atoms with Crippen LogP contribution in [0.5, 0.6) is 5.75 Å². The molecule has 2 rings (SSSR count). The predicted molar refractivity (Wildman–Crippen MR) is 83.8 cm³/mol. The van der Waals surface area contributed by atoms with E-state index < -0.39 is 11.4 Å². The highest BCUT2D eigenvalue weighted by molar-refractivity contribution is 5.75. The van der Waals surface area contributed by atoms with Gasteiger partial charge < -0.3 is 9.84 Å². The van der Waals surface area contributed by atoms with Crippen LogP contribution in [0.1, 0.15) is 50.7 Å². The minimum Gasteiger partial charge on any atom is -0.496 e. The third kappa shape index (κ3) is 3.39. The molecule has 116 valence electrons. The fourth-order valence-corrected chi connectivity index (χ4v) is 3.28. The number of hydrogen-bond acceptors (Lipinski definition) is 2. The van der Waals surface area contributed by atoms with Gasteiger partial charge in [-0.25, -0.2) is 0 Å². The van der Waals surface area contributed by atoms with Gasteiger partial charge >= 0.3 is 5.97 Å². The van der Waals surface area contributed by atoms with Crippen molar-refractivity contribution in [2.24, 2.45) is 10.8 Å². The van der Waals surface area contributed by atoms with Crippen molar-refractivity contribution in [3.63, 3.8) is 0 Å². The molecule has 1 N–H and O–H groups in total. The number of carboxylic acid groups (broad SMARTS) is 1. The molecule has 0 atom stereocenters. The Morgan fingerprint density at radius 2 is 1.86 bits per heavy atom. The van der Waals surface area contributed by atoms with Crippen molar-refractivity contribution >= 4 is 5.97 Å². The van der Waals surface area contributed by atoms with Gasteiger partial charge in [0, 0.05) is 0 Å². The molecule has 1 aliphatic rings. The summed E-state index contributed by atoms with van der Waals surface area (Å²) in [5.41, 5.74) is 1.77. The number of hydrogen-bond donors (Lipinski definition) is 1. The molecule has 3 nitrogen and oxygen atoms in total. The fraction of sp³-hybridized carbons (Fsp3) is 0.611. The quantitative estimate of drug-likeness (QED) is 0.903. The number of ether oxygens (including phenoxy) is 1. The number of carboxylic acids is 1. The zero-order chi connectivity index (χ0) is 15.7. The van der Waals surface area contributed by atoms with Gasteiger partial charge in [-0.15, -0.1) is 0 Å². The highest BCUT2D eigenvalue weighted by atomic mass is 16.5. The van der Waals surface area contributed by atoms with E-state index >= 15 is 0 Å². The molecule has 1 aromatic carbocycles.